The predicted octanol–water partition coefficient (Wildman–Crippen LogP) is 0.247. The Labute approximate surface area is 65.8 Å². The Morgan fingerprint density at radius 1 is 0.778 bits per heavy atom. The molecule has 62 valence electrons. The van der Waals surface area contributed by atoms with Gasteiger partial charge in [0, 0.05) is 21.3 Å². The standard InChI is InChI=1S/CH2Cl2.3CH4O/c2-1-3;3*1-2/h1H2;3*2H,1H3. The number of hydrogen-bond donors (Lipinski definition) is 3. The van der Waals surface area contributed by atoms with E-state index in [0.29, 0.717) is 0 Å². The molecule has 0 aromatic rings. The minimum Gasteiger partial charge on any atom is -0.400 e. The second kappa shape index (κ2) is 221. The highest BCUT2D eigenvalue weighted by molar-refractivity contribution is 6.40. The van der Waals surface area contributed by atoms with Crippen LogP contribution in [0, 0.1) is 0 Å². The Hall–Kier alpha value is 0.460. The molecule has 0 amide bonds. The number of alkyl halides is 2. The van der Waals surface area contributed by atoms with Gasteiger partial charge in [0.15, 0.2) is 0 Å². The molecule has 3 N–H and O–H groups in total. The molecule has 9 heavy (non-hydrogen) atoms. The number of rotatable bonds is 0. The molecule has 0 heterocycles. The van der Waals surface area contributed by atoms with Crippen LogP contribution in [0.5, 0.6) is 0 Å². The summed E-state index contributed by atoms with van der Waals surface area (Å²) in [6.45, 7) is 0. The lowest BCUT2D eigenvalue weighted by Crippen LogP contribution is -1.25. The molecule has 0 unspecified atom stereocenters. The monoisotopic (exact) mass is 180 g/mol. The van der Waals surface area contributed by atoms with Crippen LogP contribution in [0.15, 0.2) is 0 Å². The second-order valence-corrected chi connectivity index (χ2v) is 0.909. The van der Waals surface area contributed by atoms with Gasteiger partial charge in [0.2, 0.25) is 0 Å². The maximum absolute atomic E-state index is 7.00. The first-order chi connectivity index (χ1) is 4.41. The van der Waals surface area contributed by atoms with Crippen molar-refractivity contribution in [2.75, 3.05) is 26.7 Å². The van der Waals surface area contributed by atoms with Crippen LogP contribution in [0.3, 0.4) is 0 Å². The highest BCUT2D eigenvalue weighted by Crippen LogP contribution is 1.73. The fourth-order valence-electron chi connectivity index (χ4n) is 0. The van der Waals surface area contributed by atoms with Gasteiger partial charge in [0.05, 0.1) is 5.34 Å². The van der Waals surface area contributed by atoms with Crippen molar-refractivity contribution in [2.45, 2.75) is 0 Å². The summed E-state index contributed by atoms with van der Waals surface area (Å²) in [7, 11) is 3.00. The SMILES string of the molecule is CO.CO.CO.ClCCl. The van der Waals surface area contributed by atoms with E-state index in [-0.39, 0.29) is 5.34 Å². The van der Waals surface area contributed by atoms with Crippen LogP contribution in [0.1, 0.15) is 0 Å². The Bertz CT molecular complexity index is 13.8. The molecule has 3 nitrogen and oxygen atoms in total. The molecule has 0 aliphatic heterocycles. The largest absolute Gasteiger partial charge is 0.400 e. The molecule has 0 aliphatic carbocycles. The van der Waals surface area contributed by atoms with Crippen molar-refractivity contribution in [1.29, 1.82) is 0 Å². The van der Waals surface area contributed by atoms with Crippen LogP contribution < -0.4 is 0 Å². The summed E-state index contributed by atoms with van der Waals surface area (Å²) in [5.41, 5.74) is 0. The van der Waals surface area contributed by atoms with Gasteiger partial charge >= 0.3 is 0 Å². The first kappa shape index (κ1) is 22.7. The zero-order valence-corrected chi connectivity index (χ0v) is 7.32. The summed E-state index contributed by atoms with van der Waals surface area (Å²) < 4.78 is 0. The average molecular weight is 181 g/mol. The lowest BCUT2D eigenvalue weighted by atomic mass is 11.8. The highest BCUT2D eigenvalue weighted by Gasteiger charge is 1.41. The molecule has 0 atom stereocenters. The third-order valence-electron chi connectivity index (χ3n) is 0. The van der Waals surface area contributed by atoms with Gasteiger partial charge < -0.3 is 15.3 Å². The van der Waals surface area contributed by atoms with Crippen LogP contribution in [0.25, 0.3) is 0 Å². The highest BCUT2D eigenvalue weighted by atomic mass is 35.5. The molecule has 0 bridgehead atoms. The van der Waals surface area contributed by atoms with E-state index >= 15 is 0 Å². The Morgan fingerprint density at radius 2 is 0.778 bits per heavy atom. The zero-order valence-electron chi connectivity index (χ0n) is 5.80. The molecule has 0 saturated carbocycles. The second-order valence-electron chi connectivity index (χ2n) is 0.101. The molecule has 0 fully saturated rings. The Balaban J connectivity index is -0.0000000190. The summed E-state index contributed by atoms with van der Waals surface area (Å²) in [4.78, 5) is 0. The lowest BCUT2D eigenvalue weighted by molar-refractivity contribution is 0.399. The molecule has 0 aliphatic rings. The van der Waals surface area contributed by atoms with Crippen LogP contribution >= 0.6 is 23.2 Å². The van der Waals surface area contributed by atoms with Crippen molar-refractivity contribution in [1.82, 2.24) is 0 Å². The van der Waals surface area contributed by atoms with Crippen molar-refractivity contribution in [3.63, 3.8) is 0 Å². The van der Waals surface area contributed by atoms with Crippen molar-refractivity contribution in [2.24, 2.45) is 0 Å². The number of aliphatic hydroxyl groups excluding tert-OH is 3. The Morgan fingerprint density at radius 3 is 0.778 bits per heavy atom. The van der Waals surface area contributed by atoms with E-state index in [1.54, 1.807) is 0 Å². The summed E-state index contributed by atoms with van der Waals surface area (Å²) in [6.07, 6.45) is 0. The maximum Gasteiger partial charge on any atom is 0.0967 e. The fourth-order valence-corrected chi connectivity index (χ4v) is 0. The first-order valence-electron chi connectivity index (χ1n) is 1.88. The number of aliphatic hydroxyl groups is 3. The molecular formula is C4H14Cl2O3. The number of halogens is 2. The van der Waals surface area contributed by atoms with E-state index in [4.69, 9.17) is 38.5 Å². The normalized spacial score (nSPS) is 4.00. The van der Waals surface area contributed by atoms with Gasteiger partial charge in [-0.2, -0.15) is 0 Å². The smallest absolute Gasteiger partial charge is 0.0967 e. The van der Waals surface area contributed by atoms with Gasteiger partial charge in [-0.25, -0.2) is 0 Å². The van der Waals surface area contributed by atoms with Crippen molar-refractivity contribution >= 4 is 23.2 Å². The third-order valence-corrected chi connectivity index (χ3v) is 0. The zero-order chi connectivity index (χ0) is 8.71. The molecule has 0 aromatic carbocycles. The topological polar surface area (TPSA) is 60.7 Å². The average Bonchev–Trinajstić information content (AvgIpc) is 2.01. The van der Waals surface area contributed by atoms with E-state index in [1.807, 2.05) is 0 Å². The minimum atomic E-state index is 0.194. The van der Waals surface area contributed by atoms with Crippen molar-refractivity contribution in [3.05, 3.63) is 0 Å². The molecule has 0 saturated heterocycles. The molecule has 0 aromatic heterocycles. The van der Waals surface area contributed by atoms with Gasteiger partial charge in [0.25, 0.3) is 0 Å². The Kier molecular flexibility index (Phi) is 557. The van der Waals surface area contributed by atoms with Crippen molar-refractivity contribution in [3.8, 4) is 0 Å². The van der Waals surface area contributed by atoms with Gasteiger partial charge in [-0.1, -0.05) is 0 Å². The number of hydrogen-bond acceptors (Lipinski definition) is 3. The maximum atomic E-state index is 7.00. The minimum absolute atomic E-state index is 0.194. The van der Waals surface area contributed by atoms with Crippen molar-refractivity contribution < 1.29 is 15.3 Å². The van der Waals surface area contributed by atoms with Crippen LogP contribution in [0.2, 0.25) is 0 Å². The van der Waals surface area contributed by atoms with E-state index in [0.717, 1.165) is 21.3 Å². The summed E-state index contributed by atoms with van der Waals surface area (Å²) >= 11 is 9.53. The van der Waals surface area contributed by atoms with Crippen LogP contribution in [-0.2, 0) is 0 Å². The summed E-state index contributed by atoms with van der Waals surface area (Å²) in [5, 5.41) is 21.2. The van der Waals surface area contributed by atoms with Gasteiger partial charge in [-0.3, -0.25) is 0 Å². The molecular weight excluding hydrogens is 167 g/mol. The predicted molar refractivity (Wildman–Crippen MR) is 41.0 cm³/mol. The molecule has 0 rings (SSSR count). The van der Waals surface area contributed by atoms with E-state index in [9.17, 15) is 0 Å². The fraction of sp³-hybridized carbons (Fsp3) is 1.00. The molecule has 0 spiro atoms. The summed E-state index contributed by atoms with van der Waals surface area (Å²) in [6, 6.07) is 0. The van der Waals surface area contributed by atoms with Crippen LogP contribution in [0.4, 0.5) is 0 Å². The van der Waals surface area contributed by atoms with E-state index < -0.39 is 0 Å². The molecule has 5 heteroatoms. The van der Waals surface area contributed by atoms with Gasteiger partial charge in [-0.15, -0.1) is 23.2 Å². The first-order valence-corrected chi connectivity index (χ1v) is 2.95. The molecule has 0 radical (unpaired) electrons. The van der Waals surface area contributed by atoms with E-state index in [2.05, 4.69) is 0 Å². The lowest BCUT2D eigenvalue weighted by Gasteiger charge is -1.42. The van der Waals surface area contributed by atoms with Crippen LogP contribution in [-0.4, -0.2) is 42.0 Å². The van der Waals surface area contributed by atoms with Gasteiger partial charge in [0.1, 0.15) is 0 Å². The van der Waals surface area contributed by atoms with Gasteiger partial charge in [-0.05, 0) is 0 Å². The third kappa shape index (κ3) is 1670. The quantitative estimate of drug-likeness (QED) is 0.469. The van der Waals surface area contributed by atoms with E-state index in [1.165, 1.54) is 0 Å². The summed E-state index contributed by atoms with van der Waals surface area (Å²) in [5.74, 6) is 0.